The molecule has 0 aliphatic carbocycles. The van der Waals surface area contributed by atoms with Crippen molar-refractivity contribution in [1.29, 1.82) is 0 Å². The Kier molecular flexibility index (Phi) is 4.61. The first-order chi connectivity index (χ1) is 9.61. The molecule has 10 heteroatoms. The number of nitrogens with two attached hydrogens (primary N) is 1. The van der Waals surface area contributed by atoms with E-state index in [9.17, 15) is 10.1 Å². The average molecular weight is 284 g/mol. The van der Waals surface area contributed by atoms with Gasteiger partial charge in [-0.25, -0.2) is 10.8 Å². The van der Waals surface area contributed by atoms with Gasteiger partial charge in [0.15, 0.2) is 0 Å². The van der Waals surface area contributed by atoms with Crippen LogP contribution in [0, 0.1) is 17.0 Å². The van der Waals surface area contributed by atoms with Gasteiger partial charge in [-0.15, -0.1) is 0 Å². The molecule has 0 radical (unpaired) electrons. The van der Waals surface area contributed by atoms with Gasteiger partial charge < -0.3 is 14.8 Å². The van der Waals surface area contributed by atoms with E-state index >= 15 is 0 Å². The normalized spacial score (nSPS) is 18.6. The Hall–Kier alpha value is -2.04. The molecule has 0 amide bonds. The minimum Gasteiger partial charge on any atom is -0.376 e. The largest absolute Gasteiger partial charge is 0.376 e. The fraction of sp³-hybridized carbons (Fsp3) is 0.600. The van der Waals surface area contributed by atoms with Gasteiger partial charge in [0.2, 0.25) is 11.8 Å². The summed E-state index contributed by atoms with van der Waals surface area (Å²) in [6.07, 6.45) is -0.173. The number of nitrogens with zero attached hydrogens (tertiary/aromatic N) is 3. The smallest absolute Gasteiger partial charge is 0.332 e. The average Bonchev–Trinajstić information content (AvgIpc) is 2.45. The Labute approximate surface area is 114 Å². The van der Waals surface area contributed by atoms with Crippen LogP contribution >= 0.6 is 0 Å². The molecule has 1 saturated heterocycles. The SMILES string of the molecule is Cc1nc(NN)nc(NCC2COCCO2)c1[N+](=O)[O-]. The van der Waals surface area contributed by atoms with Crippen LogP contribution in [0.1, 0.15) is 5.69 Å². The number of rotatable bonds is 5. The summed E-state index contributed by atoms with van der Waals surface area (Å²) < 4.78 is 10.7. The summed E-state index contributed by atoms with van der Waals surface area (Å²) in [6.45, 7) is 3.37. The van der Waals surface area contributed by atoms with Crippen molar-refractivity contribution in [2.24, 2.45) is 5.84 Å². The molecule has 10 nitrogen and oxygen atoms in total. The second kappa shape index (κ2) is 6.41. The van der Waals surface area contributed by atoms with Crippen molar-refractivity contribution in [2.45, 2.75) is 13.0 Å². The number of hydrogen-bond acceptors (Lipinski definition) is 9. The van der Waals surface area contributed by atoms with Crippen LogP contribution in [-0.2, 0) is 9.47 Å². The molecule has 0 aromatic carbocycles. The predicted octanol–water partition coefficient (Wildman–Crippen LogP) is -0.194. The van der Waals surface area contributed by atoms with Crippen LogP contribution in [0.2, 0.25) is 0 Å². The fourth-order valence-electron chi connectivity index (χ4n) is 1.84. The standard InChI is InChI=1S/C10H16N6O4/c1-6-8(16(17)18)9(14-10(13-6)15-11)12-4-7-5-19-2-3-20-7/h7H,2-5,11H2,1H3,(H2,12,13,14,15). The quantitative estimate of drug-likeness (QED) is 0.381. The van der Waals surface area contributed by atoms with Crippen molar-refractivity contribution >= 4 is 17.5 Å². The third-order valence-corrected chi connectivity index (χ3v) is 2.75. The number of hydrazine groups is 1. The van der Waals surface area contributed by atoms with Crippen LogP contribution < -0.4 is 16.6 Å². The van der Waals surface area contributed by atoms with Gasteiger partial charge in [-0.2, -0.15) is 4.98 Å². The second-order valence-corrected chi connectivity index (χ2v) is 4.18. The highest BCUT2D eigenvalue weighted by Gasteiger charge is 2.23. The van der Waals surface area contributed by atoms with Crippen LogP contribution in [0.3, 0.4) is 0 Å². The van der Waals surface area contributed by atoms with Crippen molar-refractivity contribution in [3.05, 3.63) is 15.8 Å². The number of hydrogen-bond donors (Lipinski definition) is 3. The topological polar surface area (TPSA) is 137 Å². The van der Waals surface area contributed by atoms with Crippen molar-refractivity contribution in [1.82, 2.24) is 9.97 Å². The van der Waals surface area contributed by atoms with E-state index < -0.39 is 4.92 Å². The Morgan fingerprint density at radius 3 is 2.90 bits per heavy atom. The molecule has 2 heterocycles. The van der Waals surface area contributed by atoms with Crippen LogP contribution in [0.5, 0.6) is 0 Å². The van der Waals surface area contributed by atoms with Crippen molar-refractivity contribution in [2.75, 3.05) is 37.1 Å². The highest BCUT2D eigenvalue weighted by molar-refractivity contribution is 5.60. The van der Waals surface area contributed by atoms with E-state index in [2.05, 4.69) is 20.7 Å². The van der Waals surface area contributed by atoms with Gasteiger partial charge in [0, 0.05) is 6.54 Å². The molecule has 0 bridgehead atoms. The van der Waals surface area contributed by atoms with Crippen LogP contribution in [-0.4, -0.2) is 47.4 Å². The molecule has 2 rings (SSSR count). The summed E-state index contributed by atoms with van der Waals surface area (Å²) in [6, 6.07) is 0. The summed E-state index contributed by atoms with van der Waals surface area (Å²) in [4.78, 5) is 18.4. The minimum atomic E-state index is -0.532. The minimum absolute atomic E-state index is 0.102. The van der Waals surface area contributed by atoms with Gasteiger partial charge in [0.25, 0.3) is 0 Å². The summed E-state index contributed by atoms with van der Waals surface area (Å²) >= 11 is 0. The highest BCUT2D eigenvalue weighted by Crippen LogP contribution is 2.26. The van der Waals surface area contributed by atoms with Gasteiger partial charge in [-0.05, 0) is 6.92 Å². The lowest BCUT2D eigenvalue weighted by Gasteiger charge is -2.23. The molecule has 1 aliphatic heterocycles. The van der Waals surface area contributed by atoms with Crippen LogP contribution in [0.15, 0.2) is 0 Å². The van der Waals surface area contributed by atoms with Gasteiger partial charge in [-0.3, -0.25) is 15.5 Å². The molecule has 20 heavy (non-hydrogen) atoms. The number of aromatic nitrogens is 2. The van der Waals surface area contributed by atoms with Gasteiger partial charge in [0.05, 0.1) is 30.8 Å². The molecule has 0 saturated carbocycles. The lowest BCUT2D eigenvalue weighted by atomic mass is 10.3. The zero-order chi connectivity index (χ0) is 14.5. The zero-order valence-electron chi connectivity index (χ0n) is 11.0. The summed E-state index contributed by atoms with van der Waals surface area (Å²) in [5.74, 6) is 5.44. The lowest BCUT2D eigenvalue weighted by Crippen LogP contribution is -2.34. The number of ether oxygens (including phenoxy) is 2. The molecule has 110 valence electrons. The van der Waals surface area contributed by atoms with E-state index in [0.717, 1.165) is 0 Å². The fourth-order valence-corrected chi connectivity index (χ4v) is 1.84. The number of nitrogen functional groups attached to an aromatic ring is 1. The summed E-state index contributed by atoms with van der Waals surface area (Å²) in [7, 11) is 0. The maximum atomic E-state index is 11.1. The van der Waals surface area contributed by atoms with Gasteiger partial charge >= 0.3 is 5.69 Å². The van der Waals surface area contributed by atoms with E-state index in [1.54, 1.807) is 0 Å². The highest BCUT2D eigenvalue weighted by atomic mass is 16.6. The predicted molar refractivity (Wildman–Crippen MR) is 70.3 cm³/mol. The zero-order valence-corrected chi connectivity index (χ0v) is 11.0. The number of nitro groups is 1. The molecule has 0 spiro atoms. The molecule has 1 aromatic heterocycles. The van der Waals surface area contributed by atoms with E-state index in [0.29, 0.717) is 26.4 Å². The molecular weight excluding hydrogens is 268 g/mol. The maximum absolute atomic E-state index is 11.1. The van der Waals surface area contributed by atoms with Crippen molar-refractivity contribution in [3.8, 4) is 0 Å². The Balaban J connectivity index is 2.15. The monoisotopic (exact) mass is 284 g/mol. The van der Waals surface area contributed by atoms with Gasteiger partial charge in [0.1, 0.15) is 5.69 Å². The summed E-state index contributed by atoms with van der Waals surface area (Å²) in [5.41, 5.74) is 2.32. The van der Waals surface area contributed by atoms with E-state index in [1.165, 1.54) is 6.92 Å². The first-order valence-electron chi connectivity index (χ1n) is 6.04. The Morgan fingerprint density at radius 2 is 2.30 bits per heavy atom. The molecule has 1 fully saturated rings. The van der Waals surface area contributed by atoms with E-state index in [4.69, 9.17) is 15.3 Å². The number of anilines is 2. The Morgan fingerprint density at radius 1 is 1.50 bits per heavy atom. The molecule has 1 atom stereocenters. The number of nitrogens with one attached hydrogen (secondary N) is 2. The van der Waals surface area contributed by atoms with Crippen molar-refractivity contribution in [3.63, 3.8) is 0 Å². The van der Waals surface area contributed by atoms with Gasteiger partial charge in [-0.1, -0.05) is 0 Å². The molecule has 1 aromatic rings. The van der Waals surface area contributed by atoms with Crippen LogP contribution in [0.25, 0.3) is 0 Å². The first-order valence-corrected chi connectivity index (χ1v) is 6.04. The molecule has 4 N–H and O–H groups in total. The summed E-state index contributed by atoms with van der Waals surface area (Å²) in [5, 5.41) is 14.0. The van der Waals surface area contributed by atoms with E-state index in [1.807, 2.05) is 0 Å². The molecular formula is C10H16N6O4. The second-order valence-electron chi connectivity index (χ2n) is 4.18. The molecule has 1 aliphatic rings. The van der Waals surface area contributed by atoms with Crippen LogP contribution in [0.4, 0.5) is 17.5 Å². The Bertz CT molecular complexity index is 491. The number of aryl methyl sites for hydroxylation is 1. The van der Waals surface area contributed by atoms with Crippen molar-refractivity contribution < 1.29 is 14.4 Å². The van der Waals surface area contributed by atoms with E-state index in [-0.39, 0.29) is 29.3 Å². The third-order valence-electron chi connectivity index (χ3n) is 2.75. The third kappa shape index (κ3) is 3.29. The maximum Gasteiger partial charge on any atom is 0.332 e. The first kappa shape index (κ1) is 14.4. The molecule has 1 unspecified atom stereocenters. The lowest BCUT2D eigenvalue weighted by molar-refractivity contribution is -0.385.